The minimum absolute atomic E-state index is 0.0158. The van der Waals surface area contributed by atoms with Crippen molar-refractivity contribution in [2.24, 2.45) is 27.5 Å². The van der Waals surface area contributed by atoms with Crippen LogP contribution >= 0.6 is 0 Å². The average molecular weight is 427 g/mol. The van der Waals surface area contributed by atoms with Crippen molar-refractivity contribution in [2.75, 3.05) is 4.90 Å². The van der Waals surface area contributed by atoms with Crippen LogP contribution in [0.4, 0.5) is 21.9 Å². The predicted octanol–water partition coefficient (Wildman–Crippen LogP) is 4.73. The van der Waals surface area contributed by atoms with Gasteiger partial charge in [-0.15, -0.1) is 0 Å². The van der Waals surface area contributed by atoms with E-state index in [0.717, 1.165) is 22.5 Å². The maximum atomic E-state index is 13.8. The van der Waals surface area contributed by atoms with Crippen LogP contribution < -0.4 is 16.4 Å². The van der Waals surface area contributed by atoms with Gasteiger partial charge in [0.25, 0.3) is 0 Å². The van der Waals surface area contributed by atoms with Gasteiger partial charge in [0.1, 0.15) is 0 Å². The van der Waals surface area contributed by atoms with Crippen molar-refractivity contribution >= 4 is 34.8 Å². The van der Waals surface area contributed by atoms with Crippen molar-refractivity contribution in [2.45, 2.75) is 20.4 Å². The van der Waals surface area contributed by atoms with Gasteiger partial charge in [-0.05, 0) is 41.8 Å². The highest BCUT2D eigenvalue weighted by molar-refractivity contribution is 6.13. The minimum Gasteiger partial charge on any atom is -0.370 e. The molecule has 1 heterocycles. The Kier molecular flexibility index (Phi) is 5.89. The molecule has 0 saturated heterocycles. The van der Waals surface area contributed by atoms with Crippen LogP contribution in [0.1, 0.15) is 25.0 Å². The topological polar surface area (TPSA) is 100 Å². The molecule has 0 saturated carbocycles. The Bertz CT molecular complexity index is 1160. The van der Waals surface area contributed by atoms with Crippen LogP contribution in [0, 0.1) is 5.92 Å². The summed E-state index contributed by atoms with van der Waals surface area (Å²) in [6.45, 7) is 4.54. The first-order valence-electron chi connectivity index (χ1n) is 10.5. The first-order valence-corrected chi connectivity index (χ1v) is 10.5. The largest absolute Gasteiger partial charge is 0.370 e. The van der Waals surface area contributed by atoms with Crippen LogP contribution in [-0.2, 0) is 6.54 Å². The molecule has 0 fully saturated rings. The number of guanidine groups is 1. The third-order valence-electron chi connectivity index (χ3n) is 5.15. The number of carbonyl (C=O) groups excluding carboxylic acids is 1. The lowest BCUT2D eigenvalue weighted by Crippen LogP contribution is -2.36. The summed E-state index contributed by atoms with van der Waals surface area (Å²) in [5.74, 6) is 0.115. The molecule has 0 radical (unpaired) electrons. The van der Waals surface area contributed by atoms with Gasteiger partial charge >= 0.3 is 6.03 Å². The lowest BCUT2D eigenvalue weighted by molar-refractivity contribution is 0.207. The van der Waals surface area contributed by atoms with E-state index in [1.807, 2.05) is 66.7 Å². The monoisotopic (exact) mass is 426 g/mol. The van der Waals surface area contributed by atoms with Gasteiger partial charge in [-0.3, -0.25) is 4.90 Å². The highest BCUT2D eigenvalue weighted by atomic mass is 16.2. The normalized spacial score (nSPS) is 13.5. The molecular formula is C25H26N6O. The first kappa shape index (κ1) is 21.1. The van der Waals surface area contributed by atoms with Crippen molar-refractivity contribution in [3.05, 3.63) is 90.0 Å². The number of fused-ring (bicyclic) bond motifs is 1. The van der Waals surface area contributed by atoms with Gasteiger partial charge < -0.3 is 11.5 Å². The van der Waals surface area contributed by atoms with Crippen LogP contribution in [-0.4, -0.2) is 22.7 Å². The zero-order valence-corrected chi connectivity index (χ0v) is 18.1. The number of para-hydroxylation sites is 1. The molecule has 162 valence electrons. The van der Waals surface area contributed by atoms with Gasteiger partial charge in [0.2, 0.25) is 0 Å². The molecule has 3 aromatic rings. The third-order valence-corrected chi connectivity index (χ3v) is 5.15. The number of amides is 2. The second-order valence-electron chi connectivity index (χ2n) is 7.87. The molecule has 0 spiro atoms. The van der Waals surface area contributed by atoms with Crippen LogP contribution in [0.5, 0.6) is 0 Å². The smallest absolute Gasteiger partial charge is 0.349 e. The molecule has 4 rings (SSSR count). The van der Waals surface area contributed by atoms with E-state index in [4.69, 9.17) is 16.6 Å². The number of aliphatic imine (C=N–C) groups is 1. The Morgan fingerprint density at radius 2 is 1.59 bits per heavy atom. The number of urea groups is 1. The summed E-state index contributed by atoms with van der Waals surface area (Å²) in [5, 5.41) is 6.37. The van der Waals surface area contributed by atoms with Gasteiger partial charge in [-0.25, -0.2) is 14.8 Å². The second-order valence-corrected chi connectivity index (χ2v) is 7.87. The van der Waals surface area contributed by atoms with Gasteiger partial charge in [0.15, 0.2) is 5.96 Å². The number of benzene rings is 3. The fraction of sp³-hybridized carbons (Fsp3) is 0.160. The number of rotatable bonds is 5. The molecule has 32 heavy (non-hydrogen) atoms. The molecule has 0 unspecified atom stereocenters. The van der Waals surface area contributed by atoms with Crippen LogP contribution in [0.3, 0.4) is 0 Å². The Labute approximate surface area is 187 Å². The van der Waals surface area contributed by atoms with Crippen molar-refractivity contribution in [1.29, 1.82) is 0 Å². The highest BCUT2D eigenvalue weighted by Crippen LogP contribution is 2.35. The minimum atomic E-state index is -0.230. The average Bonchev–Trinajstić information content (AvgIpc) is 2.90. The number of hydrazone groups is 1. The summed E-state index contributed by atoms with van der Waals surface area (Å²) >= 11 is 0. The molecule has 4 N–H and O–H groups in total. The molecule has 0 bridgehead atoms. The summed E-state index contributed by atoms with van der Waals surface area (Å²) in [7, 11) is 0. The summed E-state index contributed by atoms with van der Waals surface area (Å²) < 4.78 is 0. The standard InChI is InChI=1S/C25H26N6O/c1-17(2)23-21-10-6-7-11-22(21)31(20-14-12-19(13-15-20)28-24(26)27)25(32)30(29-23)16-18-8-4-3-5-9-18/h3-15,17H,16H2,1-2H3,(H4,26,27,28). The Balaban J connectivity index is 1.83. The van der Waals surface area contributed by atoms with Crippen molar-refractivity contribution in [3.63, 3.8) is 0 Å². The van der Waals surface area contributed by atoms with Crippen molar-refractivity contribution in [1.82, 2.24) is 5.01 Å². The molecule has 7 heteroatoms. The molecule has 1 aliphatic rings. The fourth-order valence-electron chi connectivity index (χ4n) is 3.69. The second kappa shape index (κ2) is 8.93. The van der Waals surface area contributed by atoms with Gasteiger partial charge in [0.05, 0.1) is 29.3 Å². The molecule has 1 aliphatic heterocycles. The SMILES string of the molecule is CC(C)C1=NN(Cc2ccccc2)C(=O)N(c2ccc(N=C(N)N)cc2)c2ccccc21. The van der Waals surface area contributed by atoms with E-state index in [0.29, 0.717) is 17.9 Å². The van der Waals surface area contributed by atoms with E-state index in [2.05, 4.69) is 18.8 Å². The molecule has 7 nitrogen and oxygen atoms in total. The zero-order chi connectivity index (χ0) is 22.7. The first-order chi connectivity index (χ1) is 15.4. The van der Waals surface area contributed by atoms with Crippen LogP contribution in [0.25, 0.3) is 0 Å². The fourth-order valence-corrected chi connectivity index (χ4v) is 3.69. The van der Waals surface area contributed by atoms with Gasteiger partial charge in [-0.2, -0.15) is 5.10 Å². The molecule has 3 aromatic carbocycles. The lowest BCUT2D eigenvalue weighted by atomic mass is 9.98. The summed E-state index contributed by atoms with van der Waals surface area (Å²) in [5.41, 5.74) is 15.9. The van der Waals surface area contributed by atoms with E-state index in [9.17, 15) is 4.79 Å². The van der Waals surface area contributed by atoms with E-state index in [-0.39, 0.29) is 17.9 Å². The Hall–Kier alpha value is -4.13. The van der Waals surface area contributed by atoms with E-state index < -0.39 is 0 Å². The van der Waals surface area contributed by atoms with Crippen LogP contribution in [0.2, 0.25) is 0 Å². The van der Waals surface area contributed by atoms with Gasteiger partial charge in [-0.1, -0.05) is 62.4 Å². The molecular weight excluding hydrogens is 400 g/mol. The number of hydrogen-bond acceptors (Lipinski definition) is 3. The number of anilines is 2. The quantitative estimate of drug-likeness (QED) is 0.456. The van der Waals surface area contributed by atoms with Gasteiger partial charge in [0, 0.05) is 5.56 Å². The summed E-state index contributed by atoms with van der Waals surface area (Å²) in [6.07, 6.45) is 0. The maximum Gasteiger partial charge on any atom is 0.349 e. The summed E-state index contributed by atoms with van der Waals surface area (Å²) in [6, 6.07) is 24.7. The number of hydrogen-bond donors (Lipinski definition) is 2. The maximum absolute atomic E-state index is 13.8. The number of nitrogens with zero attached hydrogens (tertiary/aromatic N) is 4. The Morgan fingerprint density at radius 1 is 0.938 bits per heavy atom. The highest BCUT2D eigenvalue weighted by Gasteiger charge is 2.31. The molecule has 0 atom stereocenters. The van der Waals surface area contributed by atoms with Crippen molar-refractivity contribution in [3.8, 4) is 0 Å². The van der Waals surface area contributed by atoms with E-state index in [1.54, 1.807) is 17.0 Å². The molecule has 0 aliphatic carbocycles. The number of nitrogens with two attached hydrogens (primary N) is 2. The van der Waals surface area contributed by atoms with E-state index in [1.165, 1.54) is 5.01 Å². The lowest BCUT2D eigenvalue weighted by Gasteiger charge is -2.26. The van der Waals surface area contributed by atoms with Crippen molar-refractivity contribution < 1.29 is 4.79 Å². The predicted molar refractivity (Wildman–Crippen MR) is 129 cm³/mol. The Morgan fingerprint density at radius 3 is 2.25 bits per heavy atom. The third kappa shape index (κ3) is 4.32. The molecule has 2 amide bonds. The number of carbonyl (C=O) groups is 1. The van der Waals surface area contributed by atoms with Crippen LogP contribution in [0.15, 0.2) is 89.0 Å². The summed E-state index contributed by atoms with van der Waals surface area (Å²) in [4.78, 5) is 19.6. The zero-order valence-electron chi connectivity index (χ0n) is 18.1. The molecule has 0 aromatic heterocycles. The van der Waals surface area contributed by atoms with E-state index >= 15 is 0 Å².